The van der Waals surface area contributed by atoms with Gasteiger partial charge in [0.1, 0.15) is 4.90 Å². The normalized spacial score (nSPS) is 12.7. The van der Waals surface area contributed by atoms with E-state index in [1.165, 1.54) is 6.92 Å². The summed E-state index contributed by atoms with van der Waals surface area (Å²) in [4.78, 5) is 10.5. The Balaban J connectivity index is 3.39. The molecule has 0 aliphatic heterocycles. The van der Waals surface area contributed by atoms with Gasteiger partial charge in [0.25, 0.3) is 0 Å². The van der Waals surface area contributed by atoms with E-state index in [2.05, 4.69) is 10.6 Å². The summed E-state index contributed by atoms with van der Waals surface area (Å²) in [5, 5.41) is 8.56. The lowest BCUT2D eigenvalue weighted by molar-refractivity contribution is 0.0697. The van der Waals surface area contributed by atoms with Crippen LogP contribution in [0, 0.1) is 12.3 Å². The Morgan fingerprint density at radius 1 is 1.42 bits per heavy atom. The Morgan fingerprint density at radius 3 is 2.47 bits per heavy atom. The number of hydrogen-bond donors (Lipinski definition) is 2. The fourth-order valence-electron chi connectivity index (χ4n) is 1.23. The molecule has 1 aromatic rings. The van der Waals surface area contributed by atoms with E-state index in [1.807, 2.05) is 0 Å². The monoisotopic (exact) mass is 321 g/mol. The van der Waals surface area contributed by atoms with Crippen molar-refractivity contribution in [2.24, 2.45) is 0 Å². The zero-order valence-corrected chi connectivity index (χ0v) is 12.0. The van der Waals surface area contributed by atoms with E-state index in [0.29, 0.717) is 0 Å². The van der Waals surface area contributed by atoms with Gasteiger partial charge in [0.15, 0.2) is 0 Å². The van der Waals surface area contributed by atoms with Gasteiger partial charge in [-0.1, -0.05) is 29.1 Å². The van der Waals surface area contributed by atoms with Crippen molar-refractivity contribution in [3.05, 3.63) is 27.7 Å². The molecular formula is C11H9Cl2NO4S. The third-order valence-electron chi connectivity index (χ3n) is 2.12. The van der Waals surface area contributed by atoms with E-state index in [0.717, 1.165) is 12.1 Å². The van der Waals surface area contributed by atoms with Crippen LogP contribution in [0.3, 0.4) is 0 Å². The molecule has 1 rings (SSSR count). The van der Waals surface area contributed by atoms with Crippen LogP contribution in [0.1, 0.15) is 17.3 Å². The van der Waals surface area contributed by atoms with E-state index >= 15 is 0 Å². The van der Waals surface area contributed by atoms with Gasteiger partial charge in [-0.25, -0.2) is 13.2 Å². The van der Waals surface area contributed by atoms with Crippen LogP contribution in [0.2, 0.25) is 10.0 Å². The predicted octanol–water partition coefficient (Wildman–Crippen LogP) is 1.99. The average Bonchev–Trinajstić information content (AvgIpc) is 2.27. The zero-order chi connectivity index (χ0) is 14.8. The van der Waals surface area contributed by atoms with E-state index in [9.17, 15) is 13.2 Å². The van der Waals surface area contributed by atoms with E-state index < -0.39 is 26.9 Å². The van der Waals surface area contributed by atoms with Crippen molar-refractivity contribution in [1.29, 1.82) is 0 Å². The number of hydrogen-bond acceptors (Lipinski definition) is 3. The molecule has 5 nitrogen and oxygen atoms in total. The topological polar surface area (TPSA) is 83.5 Å². The summed E-state index contributed by atoms with van der Waals surface area (Å²) in [5.41, 5.74) is -0.361. The molecule has 0 heterocycles. The molecule has 0 saturated carbocycles. The summed E-state index contributed by atoms with van der Waals surface area (Å²) < 4.78 is 26.1. The Morgan fingerprint density at radius 2 is 2.00 bits per heavy atom. The maximum absolute atomic E-state index is 12.0. The highest BCUT2D eigenvalue weighted by atomic mass is 35.5. The third kappa shape index (κ3) is 3.61. The molecule has 1 aromatic carbocycles. The lowest BCUT2D eigenvalue weighted by atomic mass is 10.2. The molecule has 102 valence electrons. The molecule has 0 aliphatic rings. The van der Waals surface area contributed by atoms with E-state index in [1.54, 1.807) is 0 Å². The van der Waals surface area contributed by atoms with Crippen LogP contribution in [-0.2, 0) is 10.0 Å². The minimum absolute atomic E-state index is 0.151. The molecule has 1 unspecified atom stereocenters. The first-order valence-electron chi connectivity index (χ1n) is 4.90. The second-order valence-corrected chi connectivity index (χ2v) is 6.07. The fourth-order valence-corrected chi connectivity index (χ4v) is 3.25. The molecule has 0 aromatic heterocycles. The largest absolute Gasteiger partial charge is 0.478 e. The highest BCUT2D eigenvalue weighted by Gasteiger charge is 2.23. The van der Waals surface area contributed by atoms with Crippen LogP contribution in [0.4, 0.5) is 0 Å². The molecule has 0 fully saturated rings. The molecule has 0 bridgehead atoms. The van der Waals surface area contributed by atoms with Crippen LogP contribution >= 0.6 is 23.2 Å². The zero-order valence-electron chi connectivity index (χ0n) is 9.65. The minimum Gasteiger partial charge on any atom is -0.478 e. The van der Waals surface area contributed by atoms with Gasteiger partial charge >= 0.3 is 5.97 Å². The Bertz CT molecular complexity index is 664. The van der Waals surface area contributed by atoms with Crippen LogP contribution in [0.25, 0.3) is 0 Å². The van der Waals surface area contributed by atoms with Crippen molar-refractivity contribution in [2.75, 3.05) is 0 Å². The van der Waals surface area contributed by atoms with E-state index in [-0.39, 0.29) is 15.6 Å². The average molecular weight is 322 g/mol. The van der Waals surface area contributed by atoms with Crippen molar-refractivity contribution in [1.82, 2.24) is 4.72 Å². The van der Waals surface area contributed by atoms with Gasteiger partial charge in [-0.2, -0.15) is 4.72 Å². The number of carboxylic acid groups (broad SMARTS) is 1. The quantitative estimate of drug-likeness (QED) is 0.831. The summed E-state index contributed by atoms with van der Waals surface area (Å²) >= 11 is 11.4. The number of carboxylic acids is 1. The molecule has 0 aliphatic carbocycles. The SMILES string of the molecule is C#CC(C)NS(=O)(=O)c1cc(C(=O)O)c(Cl)cc1Cl. The molecule has 19 heavy (non-hydrogen) atoms. The number of aromatic carboxylic acids is 1. The first-order valence-corrected chi connectivity index (χ1v) is 7.13. The Kier molecular flexibility index (Phi) is 4.82. The highest BCUT2D eigenvalue weighted by Crippen LogP contribution is 2.28. The Labute approximate surface area is 120 Å². The van der Waals surface area contributed by atoms with Crippen molar-refractivity contribution >= 4 is 39.2 Å². The molecule has 0 saturated heterocycles. The number of sulfonamides is 1. The van der Waals surface area contributed by atoms with Gasteiger partial charge in [0, 0.05) is 0 Å². The van der Waals surface area contributed by atoms with Gasteiger partial charge in [-0.05, 0) is 19.1 Å². The van der Waals surface area contributed by atoms with Crippen LogP contribution in [-0.4, -0.2) is 25.5 Å². The molecule has 0 amide bonds. The lowest BCUT2D eigenvalue weighted by Crippen LogP contribution is -2.31. The second-order valence-electron chi connectivity index (χ2n) is 3.58. The van der Waals surface area contributed by atoms with Crippen molar-refractivity contribution < 1.29 is 18.3 Å². The molecule has 8 heteroatoms. The number of rotatable bonds is 4. The number of nitrogens with one attached hydrogen (secondary N) is 1. The Hall–Kier alpha value is -1.26. The summed E-state index contributed by atoms with van der Waals surface area (Å²) in [5.74, 6) is 0.825. The van der Waals surface area contributed by atoms with Crippen LogP contribution in [0.15, 0.2) is 17.0 Å². The minimum atomic E-state index is -4.02. The number of terminal acetylenes is 1. The maximum Gasteiger partial charge on any atom is 0.337 e. The third-order valence-corrected chi connectivity index (χ3v) is 4.44. The molecule has 0 radical (unpaired) electrons. The predicted molar refractivity (Wildman–Crippen MR) is 72.0 cm³/mol. The van der Waals surface area contributed by atoms with Gasteiger partial charge in [0.05, 0.1) is 21.7 Å². The van der Waals surface area contributed by atoms with E-state index in [4.69, 9.17) is 34.7 Å². The van der Waals surface area contributed by atoms with Crippen molar-refractivity contribution in [3.63, 3.8) is 0 Å². The summed E-state index contributed by atoms with van der Waals surface area (Å²) in [6.45, 7) is 1.46. The van der Waals surface area contributed by atoms with Crippen LogP contribution in [0.5, 0.6) is 0 Å². The number of benzene rings is 1. The summed E-state index contributed by atoms with van der Waals surface area (Å²) in [6, 6.07) is 1.19. The first kappa shape index (κ1) is 15.8. The summed E-state index contributed by atoms with van der Waals surface area (Å²) in [7, 11) is -4.02. The highest BCUT2D eigenvalue weighted by molar-refractivity contribution is 7.89. The van der Waals surface area contributed by atoms with Gasteiger partial charge in [-0.3, -0.25) is 0 Å². The molecule has 0 spiro atoms. The standard InChI is InChI=1S/C11H9Cl2NO4S/c1-3-6(2)14-19(17,18)10-4-7(11(15)16)8(12)5-9(10)13/h1,4-6,14H,2H3,(H,15,16). The smallest absolute Gasteiger partial charge is 0.337 e. The molecule has 1 atom stereocenters. The molecule has 2 N–H and O–H groups in total. The first-order chi connectivity index (χ1) is 8.69. The maximum atomic E-state index is 12.0. The van der Waals surface area contributed by atoms with Crippen molar-refractivity contribution in [3.8, 4) is 12.3 Å². The lowest BCUT2D eigenvalue weighted by Gasteiger charge is -2.11. The number of carbonyl (C=O) groups is 1. The van der Waals surface area contributed by atoms with Crippen molar-refractivity contribution in [2.45, 2.75) is 17.9 Å². The van der Waals surface area contributed by atoms with Gasteiger partial charge in [0.2, 0.25) is 10.0 Å². The molecular weight excluding hydrogens is 313 g/mol. The van der Waals surface area contributed by atoms with Gasteiger partial charge < -0.3 is 5.11 Å². The second kappa shape index (κ2) is 5.80. The number of halogens is 2. The fraction of sp³-hybridized carbons (Fsp3) is 0.182. The summed E-state index contributed by atoms with van der Waals surface area (Å²) in [6.07, 6.45) is 5.07. The van der Waals surface area contributed by atoms with Gasteiger partial charge in [-0.15, -0.1) is 6.42 Å². The van der Waals surface area contributed by atoms with Crippen LogP contribution < -0.4 is 4.72 Å².